The quantitative estimate of drug-likeness (QED) is 0.856. The van der Waals surface area contributed by atoms with Crippen LogP contribution in [0.1, 0.15) is 0 Å². The largest absolute Gasteiger partial charge is 0.399 e. The second-order valence-electron chi connectivity index (χ2n) is 3.95. The molecule has 0 heterocycles. The zero-order valence-electron chi connectivity index (χ0n) is 9.90. The number of sulfonamides is 1. The molecule has 0 radical (unpaired) electrons. The molecule has 0 saturated carbocycles. The highest BCUT2D eigenvalue weighted by Gasteiger charge is 2.20. The first-order valence-electron chi connectivity index (χ1n) is 5.32. The van der Waals surface area contributed by atoms with Crippen LogP contribution in [0.5, 0.6) is 0 Å². The van der Waals surface area contributed by atoms with Crippen molar-refractivity contribution < 1.29 is 21.6 Å². The molecular weight excluding hydrogens is 293 g/mol. The van der Waals surface area contributed by atoms with E-state index in [1.165, 1.54) is 6.07 Å². The van der Waals surface area contributed by atoms with E-state index < -0.39 is 32.4 Å². The number of nitrogens with one attached hydrogen (secondary N) is 1. The number of hydrogen-bond donors (Lipinski definition) is 2. The number of anilines is 2. The van der Waals surface area contributed by atoms with Crippen LogP contribution in [0.25, 0.3) is 0 Å². The van der Waals surface area contributed by atoms with E-state index >= 15 is 0 Å². The summed E-state index contributed by atoms with van der Waals surface area (Å²) in [4.78, 5) is -0.706. The molecule has 0 bridgehead atoms. The van der Waals surface area contributed by atoms with E-state index in [0.29, 0.717) is 6.07 Å². The van der Waals surface area contributed by atoms with Crippen molar-refractivity contribution in [2.45, 2.75) is 4.90 Å². The highest BCUT2D eigenvalue weighted by molar-refractivity contribution is 7.92. The van der Waals surface area contributed by atoms with Crippen molar-refractivity contribution in [2.75, 3.05) is 10.5 Å². The molecule has 2 rings (SSSR count). The number of halogens is 3. The molecule has 0 aliphatic rings. The number of hydrogen-bond acceptors (Lipinski definition) is 3. The van der Waals surface area contributed by atoms with Crippen molar-refractivity contribution in [3.8, 4) is 0 Å². The van der Waals surface area contributed by atoms with Gasteiger partial charge in [-0.3, -0.25) is 4.72 Å². The van der Waals surface area contributed by atoms with Crippen LogP contribution in [-0.4, -0.2) is 8.42 Å². The van der Waals surface area contributed by atoms with E-state index in [1.54, 1.807) is 0 Å². The first-order valence-corrected chi connectivity index (χ1v) is 6.80. The van der Waals surface area contributed by atoms with Gasteiger partial charge in [-0.05, 0) is 30.3 Å². The smallest absolute Gasteiger partial charge is 0.264 e. The van der Waals surface area contributed by atoms with Crippen molar-refractivity contribution in [3.63, 3.8) is 0 Å². The number of nitrogens with two attached hydrogens (primary N) is 1. The maximum atomic E-state index is 13.5. The van der Waals surface area contributed by atoms with Crippen molar-refractivity contribution in [3.05, 3.63) is 53.8 Å². The summed E-state index contributed by atoms with van der Waals surface area (Å²) in [5.74, 6) is -2.95. The third-order valence-corrected chi connectivity index (χ3v) is 3.76. The zero-order chi connectivity index (χ0) is 14.9. The Hall–Kier alpha value is -2.22. The summed E-state index contributed by atoms with van der Waals surface area (Å²) in [6.07, 6.45) is 0. The second kappa shape index (κ2) is 5.04. The third kappa shape index (κ3) is 3.02. The molecular formula is C12H9F3N2O2S. The summed E-state index contributed by atoms with van der Waals surface area (Å²) in [5.41, 5.74) is 5.07. The minimum absolute atomic E-state index is 0.0391. The summed E-state index contributed by atoms with van der Waals surface area (Å²) in [5, 5.41) is 0. The van der Waals surface area contributed by atoms with E-state index in [2.05, 4.69) is 0 Å². The Balaban J connectivity index is 2.43. The molecule has 0 amide bonds. The van der Waals surface area contributed by atoms with Gasteiger partial charge in [-0.25, -0.2) is 21.6 Å². The summed E-state index contributed by atoms with van der Waals surface area (Å²) in [6.45, 7) is 0. The van der Waals surface area contributed by atoms with Gasteiger partial charge in [0.25, 0.3) is 10.0 Å². The molecule has 0 saturated heterocycles. The molecule has 106 valence electrons. The molecule has 20 heavy (non-hydrogen) atoms. The lowest BCUT2D eigenvalue weighted by Gasteiger charge is -2.09. The lowest BCUT2D eigenvalue weighted by Crippen LogP contribution is -2.15. The van der Waals surface area contributed by atoms with Gasteiger partial charge in [-0.15, -0.1) is 0 Å². The summed E-state index contributed by atoms with van der Waals surface area (Å²) >= 11 is 0. The van der Waals surface area contributed by atoms with E-state index in [4.69, 9.17) is 5.73 Å². The zero-order valence-corrected chi connectivity index (χ0v) is 10.7. The molecule has 0 atom stereocenters. The second-order valence-corrected chi connectivity index (χ2v) is 5.60. The molecule has 3 N–H and O–H groups in total. The van der Waals surface area contributed by atoms with Gasteiger partial charge in [0.15, 0.2) is 0 Å². The summed E-state index contributed by atoms with van der Waals surface area (Å²) in [7, 11) is -4.34. The van der Waals surface area contributed by atoms with Gasteiger partial charge < -0.3 is 5.73 Å². The third-order valence-electron chi connectivity index (χ3n) is 2.36. The van der Waals surface area contributed by atoms with Crippen molar-refractivity contribution in [1.82, 2.24) is 0 Å². The fourth-order valence-electron chi connectivity index (χ4n) is 1.55. The fraction of sp³-hybridized carbons (Fsp3) is 0. The van der Waals surface area contributed by atoms with Crippen LogP contribution < -0.4 is 10.5 Å². The Morgan fingerprint density at radius 3 is 2.15 bits per heavy atom. The average Bonchev–Trinajstić information content (AvgIpc) is 2.30. The highest BCUT2D eigenvalue weighted by atomic mass is 32.2. The molecule has 0 spiro atoms. The SMILES string of the molecule is Nc1ccc(F)c(S(=O)(=O)Nc2cc(F)cc(F)c2)c1. The molecule has 0 aromatic heterocycles. The van der Waals surface area contributed by atoms with Gasteiger partial charge in [-0.2, -0.15) is 0 Å². The number of rotatable bonds is 3. The van der Waals surface area contributed by atoms with E-state index in [-0.39, 0.29) is 11.4 Å². The van der Waals surface area contributed by atoms with E-state index in [1.807, 2.05) is 4.72 Å². The van der Waals surface area contributed by atoms with Crippen molar-refractivity contribution >= 4 is 21.4 Å². The molecule has 8 heteroatoms. The summed E-state index contributed by atoms with van der Waals surface area (Å²) < 4.78 is 65.2. The first-order chi connectivity index (χ1) is 9.28. The van der Waals surface area contributed by atoms with Gasteiger partial charge in [0.2, 0.25) is 0 Å². The minimum Gasteiger partial charge on any atom is -0.399 e. The van der Waals surface area contributed by atoms with Crippen LogP contribution in [0.15, 0.2) is 41.3 Å². The first kappa shape index (κ1) is 14.2. The molecule has 2 aromatic rings. The molecule has 0 aliphatic heterocycles. The average molecular weight is 302 g/mol. The van der Waals surface area contributed by atoms with E-state index in [0.717, 1.165) is 24.3 Å². The normalized spacial score (nSPS) is 11.3. The minimum atomic E-state index is -4.34. The lowest BCUT2D eigenvalue weighted by atomic mass is 10.3. The Morgan fingerprint density at radius 1 is 0.950 bits per heavy atom. The van der Waals surface area contributed by atoms with Crippen LogP contribution in [0.3, 0.4) is 0 Å². The van der Waals surface area contributed by atoms with Crippen molar-refractivity contribution in [2.24, 2.45) is 0 Å². The molecule has 0 aliphatic carbocycles. The Bertz CT molecular complexity index is 743. The lowest BCUT2D eigenvalue weighted by molar-refractivity contribution is 0.570. The molecule has 0 unspecified atom stereocenters. The Kier molecular flexibility index (Phi) is 3.58. The Labute approximate surface area is 113 Å². The Morgan fingerprint density at radius 2 is 1.55 bits per heavy atom. The van der Waals surface area contributed by atoms with Gasteiger partial charge in [0, 0.05) is 11.8 Å². The van der Waals surface area contributed by atoms with Crippen molar-refractivity contribution in [1.29, 1.82) is 0 Å². The van der Waals surface area contributed by atoms with Gasteiger partial charge in [0.05, 0.1) is 5.69 Å². The van der Waals surface area contributed by atoms with Gasteiger partial charge in [0.1, 0.15) is 22.3 Å². The van der Waals surface area contributed by atoms with Gasteiger partial charge in [-0.1, -0.05) is 0 Å². The van der Waals surface area contributed by atoms with Crippen LogP contribution in [0.4, 0.5) is 24.5 Å². The highest BCUT2D eigenvalue weighted by Crippen LogP contribution is 2.22. The monoisotopic (exact) mass is 302 g/mol. The maximum Gasteiger partial charge on any atom is 0.264 e. The van der Waals surface area contributed by atoms with Crippen LogP contribution >= 0.6 is 0 Å². The van der Waals surface area contributed by atoms with Gasteiger partial charge >= 0.3 is 0 Å². The topological polar surface area (TPSA) is 72.2 Å². The van der Waals surface area contributed by atoms with E-state index in [9.17, 15) is 21.6 Å². The summed E-state index contributed by atoms with van der Waals surface area (Å²) in [6, 6.07) is 5.11. The number of benzene rings is 2. The number of nitrogen functional groups attached to an aromatic ring is 1. The van der Waals surface area contributed by atoms with Crippen LogP contribution in [0.2, 0.25) is 0 Å². The van der Waals surface area contributed by atoms with Crippen LogP contribution in [0, 0.1) is 17.5 Å². The molecule has 0 fully saturated rings. The molecule has 4 nitrogen and oxygen atoms in total. The standard InChI is InChI=1S/C12H9F3N2O2S/c13-7-3-8(14)5-10(4-7)17-20(18,19)12-6-9(16)1-2-11(12)15/h1-6,17H,16H2. The molecule has 2 aromatic carbocycles. The maximum absolute atomic E-state index is 13.5. The fourth-order valence-corrected chi connectivity index (χ4v) is 2.70. The van der Waals surface area contributed by atoms with Crippen LogP contribution in [-0.2, 0) is 10.0 Å². The predicted octanol–water partition coefficient (Wildman–Crippen LogP) is 2.49. The predicted molar refractivity (Wildman–Crippen MR) is 68.0 cm³/mol.